The van der Waals surface area contributed by atoms with Crippen molar-refractivity contribution in [2.45, 2.75) is 37.1 Å². The summed E-state index contributed by atoms with van der Waals surface area (Å²) in [6, 6.07) is -0.731. The summed E-state index contributed by atoms with van der Waals surface area (Å²) in [6.45, 7) is 0.814. The zero-order valence-electron chi connectivity index (χ0n) is 11.9. The van der Waals surface area contributed by atoms with Crippen LogP contribution in [0.2, 0.25) is 0 Å². The quantitative estimate of drug-likeness (QED) is 0.851. The highest BCUT2D eigenvalue weighted by Crippen LogP contribution is 2.29. The first-order valence-electron chi connectivity index (χ1n) is 6.94. The molecular formula is C13H20Cl2F2N4O. The van der Waals surface area contributed by atoms with E-state index in [0.717, 1.165) is 18.7 Å². The number of nitrogens with zero attached hydrogens (tertiary/aromatic N) is 2. The Hall–Kier alpha value is -0.920. The van der Waals surface area contributed by atoms with E-state index in [1.807, 2.05) is 0 Å². The Morgan fingerprint density at radius 3 is 2.50 bits per heavy atom. The minimum atomic E-state index is -2.76. The Kier molecular flexibility index (Phi) is 6.58. The number of piperidine rings is 1. The number of carbonyl (C=O) groups is 1. The summed E-state index contributed by atoms with van der Waals surface area (Å²) >= 11 is 0. The number of aromatic amines is 1. The molecule has 126 valence electrons. The second-order valence-electron chi connectivity index (χ2n) is 5.57. The van der Waals surface area contributed by atoms with Gasteiger partial charge in [0.15, 0.2) is 0 Å². The zero-order valence-corrected chi connectivity index (χ0v) is 13.6. The Labute approximate surface area is 140 Å². The summed E-state index contributed by atoms with van der Waals surface area (Å²) in [5.41, 5.74) is 0. The minimum Gasteiger partial charge on any atom is -0.348 e. The van der Waals surface area contributed by atoms with Crippen molar-refractivity contribution in [3.8, 4) is 0 Å². The summed E-state index contributed by atoms with van der Waals surface area (Å²) in [4.78, 5) is 21.2. The molecule has 2 saturated heterocycles. The van der Waals surface area contributed by atoms with E-state index in [2.05, 4.69) is 15.3 Å². The van der Waals surface area contributed by atoms with Crippen molar-refractivity contribution in [2.75, 3.05) is 19.6 Å². The van der Waals surface area contributed by atoms with E-state index < -0.39 is 18.5 Å². The maximum atomic E-state index is 13.1. The summed E-state index contributed by atoms with van der Waals surface area (Å²) in [5, 5.41) is 2.62. The van der Waals surface area contributed by atoms with Gasteiger partial charge in [-0.15, -0.1) is 24.8 Å². The second-order valence-corrected chi connectivity index (χ2v) is 5.57. The van der Waals surface area contributed by atoms with Gasteiger partial charge in [-0.25, -0.2) is 13.8 Å². The number of carbonyl (C=O) groups excluding carboxylic acids is 1. The molecule has 1 aromatic rings. The second kappa shape index (κ2) is 7.57. The average molecular weight is 357 g/mol. The monoisotopic (exact) mass is 356 g/mol. The fraction of sp³-hybridized carbons (Fsp3) is 0.692. The largest absolute Gasteiger partial charge is 0.348 e. The highest BCUT2D eigenvalue weighted by Gasteiger charge is 2.43. The molecule has 0 bridgehead atoms. The number of aromatic nitrogens is 2. The number of hydrogen-bond acceptors (Lipinski definition) is 3. The Morgan fingerprint density at radius 2 is 2.00 bits per heavy atom. The molecule has 22 heavy (non-hydrogen) atoms. The molecule has 5 nitrogen and oxygen atoms in total. The van der Waals surface area contributed by atoms with Crippen LogP contribution in [-0.4, -0.2) is 52.4 Å². The van der Waals surface area contributed by atoms with Gasteiger partial charge in [-0.1, -0.05) is 0 Å². The lowest BCUT2D eigenvalue weighted by Crippen LogP contribution is -2.46. The molecule has 2 N–H and O–H groups in total. The third kappa shape index (κ3) is 4.08. The van der Waals surface area contributed by atoms with Gasteiger partial charge in [-0.05, 0) is 12.8 Å². The molecule has 1 unspecified atom stereocenters. The van der Waals surface area contributed by atoms with Gasteiger partial charge in [-0.3, -0.25) is 10.1 Å². The lowest BCUT2D eigenvalue weighted by Gasteiger charge is -2.32. The summed E-state index contributed by atoms with van der Waals surface area (Å²) in [7, 11) is 0. The van der Waals surface area contributed by atoms with Crippen LogP contribution in [0.4, 0.5) is 8.78 Å². The number of amides is 1. The molecule has 3 heterocycles. The van der Waals surface area contributed by atoms with Crippen molar-refractivity contribution in [3.63, 3.8) is 0 Å². The molecule has 9 heteroatoms. The Bertz CT molecular complexity index is 478. The summed E-state index contributed by atoms with van der Waals surface area (Å²) < 4.78 is 26.2. The highest BCUT2D eigenvalue weighted by molar-refractivity contribution is 5.85. The number of alkyl halides is 2. The first-order valence-corrected chi connectivity index (χ1v) is 6.94. The van der Waals surface area contributed by atoms with Crippen molar-refractivity contribution in [1.29, 1.82) is 0 Å². The molecule has 3 rings (SSSR count). The SMILES string of the molecule is Cl.Cl.O=C(C1CC(F)(F)CN1)N1CCC(c2ncc[nH]2)CC1. The van der Waals surface area contributed by atoms with E-state index in [-0.39, 0.29) is 37.1 Å². The topological polar surface area (TPSA) is 61.0 Å². The lowest BCUT2D eigenvalue weighted by molar-refractivity contribution is -0.134. The molecule has 0 aliphatic carbocycles. The molecular weight excluding hydrogens is 337 g/mol. The molecule has 1 aromatic heterocycles. The van der Waals surface area contributed by atoms with Gasteiger partial charge in [0, 0.05) is 37.8 Å². The van der Waals surface area contributed by atoms with Crippen LogP contribution in [0, 0.1) is 0 Å². The van der Waals surface area contributed by atoms with Crippen LogP contribution in [0.25, 0.3) is 0 Å². The maximum absolute atomic E-state index is 13.1. The van der Waals surface area contributed by atoms with Crippen LogP contribution in [0.5, 0.6) is 0 Å². The summed E-state index contributed by atoms with van der Waals surface area (Å²) in [6.07, 6.45) is 4.77. The van der Waals surface area contributed by atoms with Crippen LogP contribution >= 0.6 is 24.8 Å². The maximum Gasteiger partial charge on any atom is 0.262 e. The van der Waals surface area contributed by atoms with Gasteiger partial charge in [0.1, 0.15) is 5.82 Å². The molecule has 1 amide bonds. The Balaban J connectivity index is 0.00000121. The van der Waals surface area contributed by atoms with Gasteiger partial charge in [0.25, 0.3) is 5.92 Å². The van der Waals surface area contributed by atoms with Gasteiger partial charge >= 0.3 is 0 Å². The van der Waals surface area contributed by atoms with Crippen molar-refractivity contribution < 1.29 is 13.6 Å². The van der Waals surface area contributed by atoms with Crippen LogP contribution in [0.3, 0.4) is 0 Å². The number of rotatable bonds is 2. The average Bonchev–Trinajstić information content (AvgIpc) is 3.07. The number of hydrogen-bond donors (Lipinski definition) is 2. The Morgan fingerprint density at radius 1 is 1.32 bits per heavy atom. The van der Waals surface area contributed by atoms with E-state index in [0.29, 0.717) is 19.0 Å². The first-order chi connectivity index (χ1) is 9.55. The van der Waals surface area contributed by atoms with Crippen LogP contribution < -0.4 is 5.32 Å². The number of nitrogens with one attached hydrogen (secondary N) is 2. The normalized spacial score (nSPS) is 24.5. The molecule has 1 atom stereocenters. The smallest absolute Gasteiger partial charge is 0.262 e. The molecule has 0 radical (unpaired) electrons. The lowest BCUT2D eigenvalue weighted by atomic mass is 9.95. The fourth-order valence-corrected chi connectivity index (χ4v) is 2.98. The van der Waals surface area contributed by atoms with Gasteiger partial charge in [0.05, 0.1) is 12.6 Å². The van der Waals surface area contributed by atoms with E-state index in [1.54, 1.807) is 17.3 Å². The fourth-order valence-electron chi connectivity index (χ4n) is 2.98. The third-order valence-electron chi connectivity index (χ3n) is 4.12. The third-order valence-corrected chi connectivity index (χ3v) is 4.12. The predicted molar refractivity (Wildman–Crippen MR) is 83.0 cm³/mol. The zero-order chi connectivity index (χ0) is 14.2. The molecule has 0 spiro atoms. The van der Waals surface area contributed by atoms with Gasteiger partial charge in [0.2, 0.25) is 5.91 Å². The standard InChI is InChI=1S/C13H18F2N4O.2ClH/c14-13(15)7-10(18-8-13)12(20)19-5-1-9(2-6-19)11-16-3-4-17-11;;/h3-4,9-10,18H,1-2,5-8H2,(H,16,17);2*1H. The van der Waals surface area contributed by atoms with Crippen molar-refractivity contribution >= 4 is 30.7 Å². The highest BCUT2D eigenvalue weighted by atomic mass is 35.5. The number of halogens is 4. The molecule has 0 aromatic carbocycles. The van der Waals surface area contributed by atoms with Crippen molar-refractivity contribution in [1.82, 2.24) is 20.2 Å². The van der Waals surface area contributed by atoms with E-state index in [4.69, 9.17) is 0 Å². The predicted octanol–water partition coefficient (Wildman–Crippen LogP) is 1.96. The van der Waals surface area contributed by atoms with E-state index in [9.17, 15) is 13.6 Å². The number of likely N-dealkylation sites (tertiary alicyclic amines) is 1. The van der Waals surface area contributed by atoms with E-state index >= 15 is 0 Å². The van der Waals surface area contributed by atoms with Crippen molar-refractivity contribution in [3.05, 3.63) is 18.2 Å². The minimum absolute atomic E-state index is 0. The first kappa shape index (κ1) is 19.1. The van der Waals surface area contributed by atoms with Crippen LogP contribution in [0.1, 0.15) is 31.0 Å². The van der Waals surface area contributed by atoms with Gasteiger partial charge < -0.3 is 9.88 Å². The molecule has 2 fully saturated rings. The molecule has 0 saturated carbocycles. The molecule has 2 aliphatic heterocycles. The van der Waals surface area contributed by atoms with Crippen molar-refractivity contribution in [2.24, 2.45) is 0 Å². The van der Waals surface area contributed by atoms with E-state index in [1.165, 1.54) is 0 Å². The summed E-state index contributed by atoms with van der Waals surface area (Å²) in [5.74, 6) is -1.68. The number of imidazole rings is 1. The van der Waals surface area contributed by atoms with Crippen LogP contribution in [0.15, 0.2) is 12.4 Å². The molecule has 2 aliphatic rings. The van der Waals surface area contributed by atoms with Crippen LogP contribution in [-0.2, 0) is 4.79 Å². The van der Waals surface area contributed by atoms with Gasteiger partial charge in [-0.2, -0.15) is 0 Å². The number of H-pyrrole nitrogens is 1.